The molecule has 2 heterocycles. The Kier molecular flexibility index (Phi) is 12.1. The molecule has 18 heteroatoms. The number of hydrogen-bond acceptors (Lipinski definition) is 12. The van der Waals surface area contributed by atoms with E-state index >= 15 is 0 Å². The van der Waals surface area contributed by atoms with Crippen molar-refractivity contribution in [3.8, 4) is 11.5 Å². The fraction of sp³-hybridized carbons (Fsp3) is 0.371. The Morgan fingerprint density at radius 3 is 2.11 bits per heavy atom. The zero-order valence-electron chi connectivity index (χ0n) is 28.4. The van der Waals surface area contributed by atoms with E-state index in [0.29, 0.717) is 5.75 Å². The molecule has 5 atom stereocenters. The Hall–Kier alpha value is -5.43. The first-order chi connectivity index (χ1) is 25.2. The van der Waals surface area contributed by atoms with E-state index in [0.717, 1.165) is 38.3 Å². The molecular formula is C35H37F3N4O11. The second-order valence-corrected chi connectivity index (χ2v) is 12.2. The highest BCUT2D eigenvalue weighted by atomic mass is 19.4. The number of ether oxygens (including phenoxy) is 4. The van der Waals surface area contributed by atoms with Gasteiger partial charge in [0.25, 0.3) is 11.8 Å². The summed E-state index contributed by atoms with van der Waals surface area (Å²) in [4.78, 5) is 55.0. The summed E-state index contributed by atoms with van der Waals surface area (Å²) in [6, 6.07) is 16.6. The molecule has 0 aliphatic carbocycles. The van der Waals surface area contributed by atoms with Crippen molar-refractivity contribution in [1.29, 1.82) is 0 Å². The van der Waals surface area contributed by atoms with Crippen LogP contribution in [-0.4, -0.2) is 121 Å². The normalized spacial score (nSPS) is 22.2. The summed E-state index contributed by atoms with van der Waals surface area (Å²) in [6.07, 6.45) is -16.3. The van der Waals surface area contributed by atoms with E-state index in [1.54, 1.807) is 24.3 Å². The first kappa shape index (κ1) is 38.8. The molecule has 2 fully saturated rings. The van der Waals surface area contributed by atoms with E-state index in [9.17, 15) is 47.7 Å². The zero-order valence-corrected chi connectivity index (χ0v) is 28.4. The molecule has 2 aliphatic rings. The quantitative estimate of drug-likeness (QED) is 0.190. The molecule has 2 amide bonds. The van der Waals surface area contributed by atoms with Crippen LogP contribution in [0.5, 0.6) is 11.5 Å². The van der Waals surface area contributed by atoms with Gasteiger partial charge in [-0.3, -0.25) is 9.59 Å². The maximum absolute atomic E-state index is 13.7. The number of esters is 1. The largest absolute Gasteiger partial charge is 0.497 e. The average molecular weight is 747 g/mol. The first-order valence-electron chi connectivity index (χ1n) is 16.3. The van der Waals surface area contributed by atoms with Crippen molar-refractivity contribution in [2.45, 2.75) is 43.3 Å². The predicted octanol–water partition coefficient (Wildman–Crippen LogP) is 2.73. The number of carbonyl (C=O) groups excluding carboxylic acids is 3. The molecule has 1 unspecified atom stereocenters. The maximum atomic E-state index is 13.7. The molecule has 15 nitrogen and oxygen atoms in total. The number of amides is 2. The number of aliphatic hydroxyl groups excluding tert-OH is 2. The summed E-state index contributed by atoms with van der Waals surface area (Å²) >= 11 is 0. The number of likely N-dealkylation sites (N-methyl/N-ethyl adjacent to an activating group) is 1. The second-order valence-electron chi connectivity index (χ2n) is 12.2. The number of methoxy groups -OCH3 is 1. The number of rotatable bonds is 10. The van der Waals surface area contributed by atoms with Gasteiger partial charge in [-0.1, -0.05) is 6.07 Å². The predicted molar refractivity (Wildman–Crippen MR) is 181 cm³/mol. The third-order valence-corrected chi connectivity index (χ3v) is 8.59. The summed E-state index contributed by atoms with van der Waals surface area (Å²) in [6.45, 7) is 3.40. The smallest absolute Gasteiger partial charge is 0.490 e. The minimum atomic E-state index is -5.55. The molecule has 3 aromatic carbocycles. The zero-order chi connectivity index (χ0) is 38.4. The maximum Gasteiger partial charge on any atom is 0.490 e. The number of aliphatic hydroxyl groups is 2. The van der Waals surface area contributed by atoms with Gasteiger partial charge in [0.15, 0.2) is 12.2 Å². The number of alkyl halides is 3. The SMILES string of the molecule is COc1ccc(C(=O)Nc2cccc(OC3O[C@H](C(=O)O)[C@@H](O)[C@H](O)[C@H]3OC(=O)C(F)(F)F)c2NC(=O)c2ccc(N3CCCN(C)CC3)cc2)cc1. The van der Waals surface area contributed by atoms with Crippen molar-refractivity contribution < 1.29 is 66.6 Å². The highest BCUT2D eigenvalue weighted by Gasteiger charge is 2.53. The molecule has 5 rings (SSSR count). The van der Waals surface area contributed by atoms with E-state index in [1.165, 1.54) is 49.6 Å². The van der Waals surface area contributed by atoms with Crippen molar-refractivity contribution >= 4 is 40.8 Å². The molecule has 0 spiro atoms. The van der Waals surface area contributed by atoms with Gasteiger partial charge >= 0.3 is 18.1 Å². The van der Waals surface area contributed by atoms with Crippen molar-refractivity contribution in [2.75, 3.05) is 55.9 Å². The van der Waals surface area contributed by atoms with Gasteiger partial charge in [0, 0.05) is 36.4 Å². The van der Waals surface area contributed by atoms with Crippen LogP contribution in [0.15, 0.2) is 66.7 Å². The van der Waals surface area contributed by atoms with Gasteiger partial charge < -0.3 is 54.7 Å². The number of carboxylic acid groups (broad SMARTS) is 1. The molecule has 2 aliphatic heterocycles. The third kappa shape index (κ3) is 9.33. The number of carbonyl (C=O) groups is 4. The number of halogens is 3. The molecule has 0 saturated carbocycles. The molecule has 2 saturated heterocycles. The Bertz CT molecular complexity index is 1790. The number of aliphatic carboxylic acids is 1. The van der Waals surface area contributed by atoms with Gasteiger partial charge in [-0.05, 0) is 80.7 Å². The summed E-state index contributed by atoms with van der Waals surface area (Å²) < 4.78 is 60.0. The topological polar surface area (TPSA) is 196 Å². The van der Waals surface area contributed by atoms with Gasteiger partial charge in [-0.2, -0.15) is 13.2 Å². The molecule has 3 aromatic rings. The number of nitrogens with zero attached hydrogens (tertiary/aromatic N) is 2. The summed E-state index contributed by atoms with van der Waals surface area (Å²) in [7, 11) is 3.48. The Morgan fingerprint density at radius 1 is 0.849 bits per heavy atom. The minimum Gasteiger partial charge on any atom is -0.497 e. The molecular weight excluding hydrogens is 709 g/mol. The van der Waals surface area contributed by atoms with Crippen LogP contribution in [0.4, 0.5) is 30.2 Å². The molecule has 0 bridgehead atoms. The van der Waals surface area contributed by atoms with Crippen LogP contribution < -0.4 is 25.0 Å². The minimum absolute atomic E-state index is 0.0861. The Morgan fingerprint density at radius 2 is 1.49 bits per heavy atom. The van der Waals surface area contributed by atoms with Crippen molar-refractivity contribution in [2.24, 2.45) is 0 Å². The lowest BCUT2D eigenvalue weighted by atomic mass is 9.98. The summed E-state index contributed by atoms with van der Waals surface area (Å²) in [5, 5.41) is 35.7. The monoisotopic (exact) mass is 746 g/mol. The number of para-hydroxylation sites is 1. The van der Waals surface area contributed by atoms with Crippen LogP contribution in [0.1, 0.15) is 27.1 Å². The molecule has 53 heavy (non-hydrogen) atoms. The van der Waals surface area contributed by atoms with E-state index in [2.05, 4.69) is 25.2 Å². The number of carboxylic acids is 1. The average Bonchev–Trinajstić information content (AvgIpc) is 3.36. The lowest BCUT2D eigenvalue weighted by Crippen LogP contribution is -2.62. The van der Waals surface area contributed by atoms with Crippen LogP contribution in [0.25, 0.3) is 0 Å². The lowest BCUT2D eigenvalue weighted by molar-refractivity contribution is -0.284. The van der Waals surface area contributed by atoms with Crippen LogP contribution in [0.3, 0.4) is 0 Å². The van der Waals surface area contributed by atoms with E-state index in [4.69, 9.17) is 14.2 Å². The fourth-order valence-electron chi connectivity index (χ4n) is 5.69. The van der Waals surface area contributed by atoms with Gasteiger partial charge in [0.1, 0.15) is 29.4 Å². The molecule has 0 aromatic heterocycles. The standard InChI is InChI=1S/C35H37F3N4O11/c1-41-15-4-16-42(18-17-41)21-11-7-19(8-12-21)31(46)40-25-23(39-30(45)20-9-13-22(50-2)14-10-20)5-3-6-24(25)51-33-29(53-34(49)35(36,37)38)27(44)26(43)28(52-33)32(47)48/h3,5-14,26-29,33,43-44H,4,15-18H2,1-2H3,(H,39,45)(H,40,46)(H,47,48)/t26-,27-,28-,29+,33?/m0/s1. The van der Waals surface area contributed by atoms with Gasteiger partial charge in [0.2, 0.25) is 6.29 Å². The van der Waals surface area contributed by atoms with Crippen molar-refractivity contribution in [3.05, 3.63) is 77.9 Å². The lowest BCUT2D eigenvalue weighted by Gasteiger charge is -2.40. The van der Waals surface area contributed by atoms with Gasteiger partial charge in [-0.15, -0.1) is 0 Å². The fourth-order valence-corrected chi connectivity index (χ4v) is 5.69. The van der Waals surface area contributed by atoms with Crippen LogP contribution >= 0.6 is 0 Å². The van der Waals surface area contributed by atoms with E-state index in [-0.39, 0.29) is 22.5 Å². The van der Waals surface area contributed by atoms with Gasteiger partial charge in [0.05, 0.1) is 12.8 Å². The number of anilines is 3. The molecule has 0 radical (unpaired) electrons. The van der Waals surface area contributed by atoms with E-state index in [1.807, 2.05) is 7.05 Å². The van der Waals surface area contributed by atoms with E-state index < -0.39 is 66.4 Å². The highest BCUT2D eigenvalue weighted by Crippen LogP contribution is 2.37. The van der Waals surface area contributed by atoms with Crippen molar-refractivity contribution in [3.63, 3.8) is 0 Å². The van der Waals surface area contributed by atoms with Crippen LogP contribution in [-0.2, 0) is 19.1 Å². The Balaban J connectivity index is 1.48. The number of benzene rings is 3. The number of hydrogen-bond donors (Lipinski definition) is 5. The first-order valence-corrected chi connectivity index (χ1v) is 16.3. The highest BCUT2D eigenvalue weighted by molar-refractivity contribution is 6.11. The summed E-state index contributed by atoms with van der Waals surface area (Å²) in [5.74, 6) is -5.93. The molecule has 5 N–H and O–H groups in total. The second kappa shape index (κ2) is 16.5. The summed E-state index contributed by atoms with van der Waals surface area (Å²) in [5.41, 5.74) is 0.864. The third-order valence-electron chi connectivity index (χ3n) is 8.59. The van der Waals surface area contributed by atoms with Crippen molar-refractivity contribution in [1.82, 2.24) is 4.90 Å². The molecule has 284 valence electrons. The van der Waals surface area contributed by atoms with Gasteiger partial charge in [-0.25, -0.2) is 9.59 Å². The van der Waals surface area contributed by atoms with Crippen LogP contribution in [0.2, 0.25) is 0 Å². The Labute approximate surface area is 300 Å². The number of nitrogens with one attached hydrogen (secondary N) is 2. The van der Waals surface area contributed by atoms with Crippen LogP contribution in [0, 0.1) is 0 Å².